The van der Waals surface area contributed by atoms with E-state index in [4.69, 9.17) is 4.74 Å². The molecule has 0 aliphatic carbocycles. The van der Waals surface area contributed by atoms with Gasteiger partial charge in [-0.25, -0.2) is 4.39 Å². The van der Waals surface area contributed by atoms with Crippen molar-refractivity contribution in [2.24, 2.45) is 0 Å². The Morgan fingerprint density at radius 1 is 1.44 bits per heavy atom. The molecule has 1 aromatic carbocycles. The minimum absolute atomic E-state index is 0.322. The molecule has 1 heterocycles. The summed E-state index contributed by atoms with van der Waals surface area (Å²) in [5.74, 6) is 0.339. The summed E-state index contributed by atoms with van der Waals surface area (Å²) in [5, 5.41) is 7.70. The lowest BCUT2D eigenvalue weighted by Gasteiger charge is -2.12. The fourth-order valence-electron chi connectivity index (χ4n) is 1.94. The van der Waals surface area contributed by atoms with E-state index in [0.29, 0.717) is 11.3 Å². The highest BCUT2D eigenvalue weighted by atomic mass is 19.1. The molecule has 0 spiro atoms. The van der Waals surface area contributed by atoms with Crippen LogP contribution in [0.25, 0.3) is 10.9 Å². The maximum absolute atomic E-state index is 13.6. The van der Waals surface area contributed by atoms with Gasteiger partial charge < -0.3 is 9.64 Å². The number of hydrogen-bond acceptors (Lipinski definition) is 3. The molecule has 0 aliphatic rings. The third-order valence-corrected chi connectivity index (χ3v) is 3.20. The molecular weight excluding hydrogens is 233 g/mol. The van der Waals surface area contributed by atoms with E-state index in [2.05, 4.69) is 29.1 Å². The number of aromatic nitrogens is 2. The number of halogens is 1. The summed E-state index contributed by atoms with van der Waals surface area (Å²) in [6.07, 6.45) is 0.792. The van der Waals surface area contributed by atoms with Gasteiger partial charge in [-0.2, -0.15) is 5.10 Å². The second kappa shape index (κ2) is 5.35. The summed E-state index contributed by atoms with van der Waals surface area (Å²) in [6, 6.07) is 3.02. The van der Waals surface area contributed by atoms with Crippen LogP contribution in [0.4, 0.5) is 4.39 Å². The largest absolute Gasteiger partial charge is 0.496 e. The van der Waals surface area contributed by atoms with E-state index in [1.54, 1.807) is 13.2 Å². The van der Waals surface area contributed by atoms with E-state index >= 15 is 0 Å². The van der Waals surface area contributed by atoms with Gasteiger partial charge in [-0.3, -0.25) is 5.10 Å². The summed E-state index contributed by atoms with van der Waals surface area (Å²) in [7, 11) is 3.64. The number of aromatic amines is 1. The van der Waals surface area contributed by atoms with Crippen LogP contribution >= 0.6 is 0 Å². The zero-order chi connectivity index (χ0) is 13.1. The van der Waals surface area contributed by atoms with Gasteiger partial charge in [-0.05, 0) is 25.7 Å². The molecule has 0 aliphatic heterocycles. The number of methoxy groups -OCH3 is 1. The minimum atomic E-state index is -0.322. The zero-order valence-corrected chi connectivity index (χ0v) is 11.0. The number of benzene rings is 1. The van der Waals surface area contributed by atoms with Gasteiger partial charge in [-0.15, -0.1) is 0 Å². The monoisotopic (exact) mass is 251 g/mol. The van der Waals surface area contributed by atoms with Gasteiger partial charge in [0.2, 0.25) is 0 Å². The van der Waals surface area contributed by atoms with Crippen molar-refractivity contribution < 1.29 is 9.13 Å². The number of nitrogens with one attached hydrogen (secondary N) is 1. The molecule has 98 valence electrons. The molecule has 0 bridgehead atoms. The highest BCUT2D eigenvalue weighted by molar-refractivity contribution is 5.88. The fraction of sp³-hybridized carbons (Fsp3) is 0.462. The van der Waals surface area contributed by atoms with Gasteiger partial charge in [0.15, 0.2) is 5.82 Å². The first-order valence-corrected chi connectivity index (χ1v) is 6.05. The number of likely N-dealkylation sites (N-methyl/N-ethyl adjacent to an activating group) is 1. The van der Waals surface area contributed by atoms with Crippen LogP contribution in [-0.4, -0.2) is 42.3 Å². The molecule has 0 unspecified atom stereocenters. The van der Waals surface area contributed by atoms with Crippen LogP contribution in [0.5, 0.6) is 5.75 Å². The molecule has 4 nitrogen and oxygen atoms in total. The Morgan fingerprint density at radius 3 is 2.89 bits per heavy atom. The van der Waals surface area contributed by atoms with E-state index in [-0.39, 0.29) is 5.82 Å². The lowest BCUT2D eigenvalue weighted by molar-refractivity contribution is 0.356. The van der Waals surface area contributed by atoms with Crippen LogP contribution in [0, 0.1) is 5.82 Å². The van der Waals surface area contributed by atoms with Gasteiger partial charge in [-0.1, -0.05) is 6.92 Å². The number of rotatable bonds is 5. The zero-order valence-electron chi connectivity index (χ0n) is 11.0. The van der Waals surface area contributed by atoms with Gasteiger partial charge in [0.25, 0.3) is 0 Å². The summed E-state index contributed by atoms with van der Waals surface area (Å²) >= 11 is 0. The minimum Gasteiger partial charge on any atom is -0.496 e. The third-order valence-electron chi connectivity index (χ3n) is 3.20. The fourth-order valence-corrected chi connectivity index (χ4v) is 1.94. The predicted octanol–water partition coefficient (Wildman–Crippen LogP) is 2.20. The Morgan fingerprint density at radius 2 is 2.22 bits per heavy atom. The number of ether oxygens (including phenoxy) is 1. The van der Waals surface area contributed by atoms with Gasteiger partial charge in [0.1, 0.15) is 11.3 Å². The van der Waals surface area contributed by atoms with E-state index in [1.807, 2.05) is 0 Å². The number of hydrogen-bond donors (Lipinski definition) is 1. The third kappa shape index (κ3) is 2.31. The van der Waals surface area contributed by atoms with Crippen LogP contribution in [-0.2, 0) is 6.42 Å². The molecule has 0 saturated carbocycles. The first-order chi connectivity index (χ1) is 8.67. The molecular formula is C13H18FN3O. The number of H-pyrrole nitrogens is 1. The van der Waals surface area contributed by atoms with Crippen molar-refractivity contribution in [2.45, 2.75) is 13.3 Å². The summed E-state index contributed by atoms with van der Waals surface area (Å²) in [5.41, 5.74) is 1.27. The number of nitrogens with zero attached hydrogens (tertiary/aromatic N) is 2. The van der Waals surface area contributed by atoms with Crippen molar-refractivity contribution in [3.05, 3.63) is 23.6 Å². The molecule has 2 rings (SSSR count). The van der Waals surface area contributed by atoms with Gasteiger partial charge in [0, 0.05) is 18.7 Å². The normalized spacial score (nSPS) is 11.4. The average molecular weight is 251 g/mol. The second-order valence-corrected chi connectivity index (χ2v) is 4.32. The Labute approximate surface area is 106 Å². The van der Waals surface area contributed by atoms with E-state index in [9.17, 15) is 4.39 Å². The molecule has 1 N–H and O–H groups in total. The Hall–Kier alpha value is -1.62. The molecule has 0 atom stereocenters. The van der Waals surface area contributed by atoms with E-state index < -0.39 is 0 Å². The van der Waals surface area contributed by atoms with Crippen molar-refractivity contribution in [1.29, 1.82) is 0 Å². The lowest BCUT2D eigenvalue weighted by atomic mass is 10.1. The second-order valence-electron chi connectivity index (χ2n) is 4.32. The van der Waals surface area contributed by atoms with Crippen LogP contribution in [0.15, 0.2) is 12.1 Å². The highest BCUT2D eigenvalue weighted by Crippen LogP contribution is 2.29. The lowest BCUT2D eigenvalue weighted by Crippen LogP contribution is -2.20. The predicted molar refractivity (Wildman–Crippen MR) is 69.5 cm³/mol. The van der Waals surface area contributed by atoms with E-state index in [1.165, 1.54) is 6.07 Å². The Balaban J connectivity index is 2.36. The van der Waals surface area contributed by atoms with Gasteiger partial charge in [0.05, 0.1) is 12.5 Å². The first-order valence-electron chi connectivity index (χ1n) is 6.05. The molecule has 18 heavy (non-hydrogen) atoms. The van der Waals surface area contributed by atoms with E-state index in [0.717, 1.165) is 30.6 Å². The molecule has 1 aromatic heterocycles. The summed E-state index contributed by atoms with van der Waals surface area (Å²) in [4.78, 5) is 2.19. The summed E-state index contributed by atoms with van der Waals surface area (Å²) in [6.45, 7) is 3.98. The van der Waals surface area contributed by atoms with Crippen molar-refractivity contribution in [3.63, 3.8) is 0 Å². The molecule has 2 aromatic rings. The highest BCUT2D eigenvalue weighted by Gasteiger charge is 2.14. The van der Waals surface area contributed by atoms with Crippen LogP contribution in [0.1, 0.15) is 12.6 Å². The SMILES string of the molecule is CCN(C)CCc1[nH]nc2c(F)ccc(OC)c12. The molecule has 0 saturated heterocycles. The Bertz CT molecular complexity index is 538. The average Bonchev–Trinajstić information content (AvgIpc) is 2.81. The van der Waals surface area contributed by atoms with Crippen molar-refractivity contribution in [1.82, 2.24) is 15.1 Å². The smallest absolute Gasteiger partial charge is 0.151 e. The van der Waals surface area contributed by atoms with Crippen molar-refractivity contribution in [2.75, 3.05) is 27.2 Å². The molecule has 0 amide bonds. The molecule has 5 heteroatoms. The van der Waals surface area contributed by atoms with Crippen LogP contribution in [0.2, 0.25) is 0 Å². The van der Waals surface area contributed by atoms with Crippen molar-refractivity contribution >= 4 is 10.9 Å². The maximum Gasteiger partial charge on any atom is 0.151 e. The van der Waals surface area contributed by atoms with Gasteiger partial charge >= 0.3 is 0 Å². The molecule has 0 radical (unpaired) electrons. The number of fused-ring (bicyclic) bond motifs is 1. The maximum atomic E-state index is 13.6. The topological polar surface area (TPSA) is 41.2 Å². The first kappa shape index (κ1) is 12.8. The van der Waals surface area contributed by atoms with Crippen LogP contribution < -0.4 is 4.74 Å². The molecule has 0 fully saturated rings. The summed E-state index contributed by atoms with van der Waals surface area (Å²) < 4.78 is 18.9. The van der Waals surface area contributed by atoms with Crippen LogP contribution in [0.3, 0.4) is 0 Å². The standard InChI is InChI=1S/C13H18FN3O/c1-4-17(2)8-7-10-12-11(18-3)6-5-9(14)13(12)16-15-10/h5-6H,4,7-8H2,1-3H3,(H,15,16). The Kier molecular flexibility index (Phi) is 3.81. The van der Waals surface area contributed by atoms with Crippen molar-refractivity contribution in [3.8, 4) is 5.75 Å². The quantitative estimate of drug-likeness (QED) is 0.885.